The van der Waals surface area contributed by atoms with Gasteiger partial charge in [-0.15, -0.1) is 0 Å². The summed E-state index contributed by atoms with van der Waals surface area (Å²) in [4.78, 5) is 28.5. The van der Waals surface area contributed by atoms with Gasteiger partial charge in [0, 0.05) is 43.9 Å². The minimum Gasteiger partial charge on any atom is -0.492 e. The highest BCUT2D eigenvalue weighted by molar-refractivity contribution is 5.95. The van der Waals surface area contributed by atoms with E-state index in [0.717, 1.165) is 49.7 Å². The summed E-state index contributed by atoms with van der Waals surface area (Å²) in [5.74, 6) is 0.507. The number of hydrogen-bond acceptors (Lipinski definition) is 8. The molecule has 2 aromatic rings. The number of anilines is 1. The lowest BCUT2D eigenvalue weighted by atomic mass is 9.96. The Morgan fingerprint density at radius 3 is 2.15 bits per heavy atom. The number of rotatable bonds is 12. The quantitative estimate of drug-likeness (QED) is 0.353. The third-order valence-electron chi connectivity index (χ3n) is 6.63. The van der Waals surface area contributed by atoms with Crippen molar-refractivity contribution in [3.8, 4) is 5.75 Å². The number of nitrogens with one attached hydrogen (secondary N) is 3. The molecule has 9 nitrogen and oxygen atoms in total. The molecule has 39 heavy (non-hydrogen) atoms. The molecule has 0 radical (unpaired) electrons. The second kappa shape index (κ2) is 14.3. The highest BCUT2D eigenvalue weighted by Gasteiger charge is 2.23. The fourth-order valence-corrected chi connectivity index (χ4v) is 4.41. The number of carbonyl (C=O) groups is 2. The molecule has 1 heterocycles. The standard InChI is InChI=1S/C30H45N5O4/c1-7-35(8-2)17-18-38-26-15-13-25(14-16-26)33-29-31-19-24(20-32-29)22-9-11-23(12-10-22)28(37)34(6)21-27(36)39-30(3,4)5/h9-16,24,29,31-33H,7-8,17-21H2,1-6H3. The first-order valence-corrected chi connectivity index (χ1v) is 13.8. The number of amides is 1. The van der Waals surface area contributed by atoms with Crippen LogP contribution in [0.2, 0.25) is 0 Å². The van der Waals surface area contributed by atoms with Gasteiger partial charge in [0.2, 0.25) is 0 Å². The Hall–Kier alpha value is -3.14. The van der Waals surface area contributed by atoms with Crippen LogP contribution in [-0.4, -0.2) is 86.5 Å². The summed E-state index contributed by atoms with van der Waals surface area (Å²) in [7, 11) is 1.61. The van der Waals surface area contributed by atoms with Gasteiger partial charge < -0.3 is 24.6 Å². The molecule has 1 amide bonds. The van der Waals surface area contributed by atoms with E-state index in [1.165, 1.54) is 4.90 Å². The summed E-state index contributed by atoms with van der Waals surface area (Å²) < 4.78 is 11.2. The zero-order valence-corrected chi connectivity index (χ0v) is 24.3. The van der Waals surface area contributed by atoms with Crippen LogP contribution in [0.5, 0.6) is 5.75 Å². The molecule has 214 valence electrons. The van der Waals surface area contributed by atoms with Crippen LogP contribution in [-0.2, 0) is 9.53 Å². The predicted molar refractivity (Wildman–Crippen MR) is 155 cm³/mol. The van der Waals surface area contributed by atoms with Crippen LogP contribution in [0.3, 0.4) is 0 Å². The van der Waals surface area contributed by atoms with Gasteiger partial charge in [-0.2, -0.15) is 0 Å². The number of benzene rings is 2. The molecule has 0 bridgehead atoms. The molecular weight excluding hydrogens is 494 g/mol. The number of hydrogen-bond donors (Lipinski definition) is 3. The summed E-state index contributed by atoms with van der Waals surface area (Å²) >= 11 is 0. The van der Waals surface area contributed by atoms with Crippen LogP contribution >= 0.6 is 0 Å². The Morgan fingerprint density at radius 1 is 0.974 bits per heavy atom. The first-order valence-electron chi connectivity index (χ1n) is 13.8. The molecule has 1 aliphatic rings. The van der Waals surface area contributed by atoms with Gasteiger partial charge in [0.15, 0.2) is 0 Å². The molecule has 3 N–H and O–H groups in total. The fraction of sp³-hybridized carbons (Fsp3) is 0.533. The van der Waals surface area contributed by atoms with Crippen LogP contribution in [0, 0.1) is 0 Å². The van der Waals surface area contributed by atoms with Gasteiger partial charge >= 0.3 is 5.97 Å². The maximum absolute atomic E-state index is 12.8. The van der Waals surface area contributed by atoms with Crippen LogP contribution < -0.4 is 20.7 Å². The molecular formula is C30H45N5O4. The lowest BCUT2D eigenvalue weighted by Gasteiger charge is -2.32. The fourth-order valence-electron chi connectivity index (χ4n) is 4.41. The Bertz CT molecular complexity index is 1040. The highest BCUT2D eigenvalue weighted by atomic mass is 16.6. The molecule has 0 spiro atoms. The number of likely N-dealkylation sites (N-methyl/N-ethyl adjacent to an activating group) is 2. The molecule has 0 aliphatic carbocycles. The van der Waals surface area contributed by atoms with E-state index in [1.54, 1.807) is 27.8 Å². The predicted octanol–water partition coefficient (Wildman–Crippen LogP) is 3.49. The summed E-state index contributed by atoms with van der Waals surface area (Å²) in [5, 5.41) is 10.5. The van der Waals surface area contributed by atoms with E-state index in [9.17, 15) is 9.59 Å². The average molecular weight is 540 g/mol. The van der Waals surface area contributed by atoms with Crippen molar-refractivity contribution in [3.63, 3.8) is 0 Å². The van der Waals surface area contributed by atoms with E-state index in [1.807, 2.05) is 48.5 Å². The Balaban J connectivity index is 1.43. The lowest BCUT2D eigenvalue weighted by Crippen LogP contribution is -2.55. The largest absolute Gasteiger partial charge is 0.492 e. The van der Waals surface area contributed by atoms with Gasteiger partial charge in [0.1, 0.15) is 30.8 Å². The van der Waals surface area contributed by atoms with Crippen LogP contribution in [0.1, 0.15) is 56.5 Å². The molecule has 1 aliphatic heterocycles. The number of esters is 1. The normalized spacial score (nSPS) is 17.5. The van der Waals surface area contributed by atoms with E-state index in [4.69, 9.17) is 9.47 Å². The molecule has 0 aromatic heterocycles. The van der Waals surface area contributed by atoms with Crippen molar-refractivity contribution in [2.75, 3.05) is 58.2 Å². The first-order chi connectivity index (χ1) is 18.6. The molecule has 3 rings (SSSR count). The molecule has 2 aromatic carbocycles. The van der Waals surface area contributed by atoms with Gasteiger partial charge in [-0.1, -0.05) is 26.0 Å². The number of nitrogens with zero attached hydrogens (tertiary/aromatic N) is 2. The second-order valence-corrected chi connectivity index (χ2v) is 10.9. The zero-order valence-electron chi connectivity index (χ0n) is 24.3. The summed E-state index contributed by atoms with van der Waals surface area (Å²) in [5.41, 5.74) is 2.12. The SMILES string of the molecule is CCN(CC)CCOc1ccc(NC2NCC(c3ccc(C(=O)N(C)CC(=O)OC(C)(C)C)cc3)CN2)cc1. The van der Waals surface area contributed by atoms with E-state index in [-0.39, 0.29) is 24.7 Å². The molecule has 0 unspecified atom stereocenters. The van der Waals surface area contributed by atoms with E-state index >= 15 is 0 Å². The van der Waals surface area contributed by atoms with Crippen molar-refractivity contribution in [2.45, 2.75) is 52.4 Å². The van der Waals surface area contributed by atoms with Crippen molar-refractivity contribution in [2.24, 2.45) is 0 Å². The first kappa shape index (κ1) is 30.4. The minimum atomic E-state index is -0.580. The van der Waals surface area contributed by atoms with Crippen molar-refractivity contribution in [3.05, 3.63) is 59.7 Å². The maximum Gasteiger partial charge on any atom is 0.326 e. The third-order valence-corrected chi connectivity index (χ3v) is 6.63. The summed E-state index contributed by atoms with van der Waals surface area (Å²) in [6.07, 6.45) is -0.0435. The van der Waals surface area contributed by atoms with Crippen molar-refractivity contribution >= 4 is 17.6 Å². The molecule has 1 fully saturated rings. The Kier molecular flexibility index (Phi) is 11.2. The average Bonchev–Trinajstić information content (AvgIpc) is 2.91. The summed E-state index contributed by atoms with van der Waals surface area (Å²) in [6, 6.07) is 15.6. The van der Waals surface area contributed by atoms with Crippen LogP contribution in [0.25, 0.3) is 0 Å². The van der Waals surface area contributed by atoms with Crippen LogP contribution in [0.15, 0.2) is 48.5 Å². The van der Waals surface area contributed by atoms with Gasteiger partial charge in [-0.3, -0.25) is 20.2 Å². The van der Waals surface area contributed by atoms with E-state index < -0.39 is 11.6 Å². The molecule has 0 saturated carbocycles. The molecule has 1 saturated heterocycles. The van der Waals surface area contributed by atoms with Crippen LogP contribution in [0.4, 0.5) is 5.69 Å². The van der Waals surface area contributed by atoms with Crippen molar-refractivity contribution in [1.29, 1.82) is 0 Å². The van der Waals surface area contributed by atoms with E-state index in [2.05, 4.69) is 34.7 Å². The smallest absolute Gasteiger partial charge is 0.326 e. The second-order valence-electron chi connectivity index (χ2n) is 10.9. The monoisotopic (exact) mass is 539 g/mol. The van der Waals surface area contributed by atoms with Gasteiger partial charge in [-0.05, 0) is 75.8 Å². The third kappa shape index (κ3) is 9.84. The highest BCUT2D eigenvalue weighted by Crippen LogP contribution is 2.20. The lowest BCUT2D eigenvalue weighted by molar-refractivity contribution is -0.155. The van der Waals surface area contributed by atoms with Gasteiger partial charge in [-0.25, -0.2) is 0 Å². The zero-order chi connectivity index (χ0) is 28.4. The van der Waals surface area contributed by atoms with Gasteiger partial charge in [0.25, 0.3) is 5.91 Å². The van der Waals surface area contributed by atoms with Gasteiger partial charge in [0.05, 0.1) is 0 Å². The number of ether oxygens (including phenoxy) is 2. The Labute approximate surface area is 233 Å². The molecule has 0 atom stereocenters. The topological polar surface area (TPSA) is 95.2 Å². The number of carbonyl (C=O) groups excluding carboxylic acids is 2. The Morgan fingerprint density at radius 2 is 1.59 bits per heavy atom. The van der Waals surface area contributed by atoms with Crippen molar-refractivity contribution in [1.82, 2.24) is 20.4 Å². The summed E-state index contributed by atoms with van der Waals surface area (Å²) in [6.45, 7) is 14.9. The molecule has 9 heteroatoms. The minimum absolute atomic E-state index is 0.0435. The van der Waals surface area contributed by atoms with E-state index in [0.29, 0.717) is 12.2 Å². The van der Waals surface area contributed by atoms with Crippen molar-refractivity contribution < 1.29 is 19.1 Å². The maximum atomic E-state index is 12.8.